The summed E-state index contributed by atoms with van der Waals surface area (Å²) in [7, 11) is 0. The molecule has 31 heavy (non-hydrogen) atoms. The Hall–Kier alpha value is -2.83. The van der Waals surface area contributed by atoms with Crippen molar-refractivity contribution in [3.8, 4) is 5.75 Å². The number of carbonyl (C=O) groups excluding carboxylic acids is 2. The minimum Gasteiger partial charge on any atom is -0.467 e. The van der Waals surface area contributed by atoms with Crippen LogP contribution < -0.4 is 9.64 Å². The molecule has 3 aromatic rings. The summed E-state index contributed by atoms with van der Waals surface area (Å²) in [6.45, 7) is 1.88. The first kappa shape index (κ1) is 20.1. The van der Waals surface area contributed by atoms with Crippen LogP contribution in [0.1, 0.15) is 35.3 Å². The zero-order valence-corrected chi connectivity index (χ0v) is 18.9. The fourth-order valence-electron chi connectivity index (χ4n) is 4.37. The molecule has 0 unspecified atom stereocenters. The second-order valence-electron chi connectivity index (χ2n) is 7.78. The van der Waals surface area contributed by atoms with E-state index in [9.17, 15) is 9.59 Å². The summed E-state index contributed by atoms with van der Waals surface area (Å²) in [6.07, 6.45) is 0.439. The van der Waals surface area contributed by atoms with Gasteiger partial charge in [0, 0.05) is 27.2 Å². The number of anilines is 1. The largest absolute Gasteiger partial charge is 0.467 e. The van der Waals surface area contributed by atoms with Gasteiger partial charge in [0.05, 0.1) is 11.6 Å². The van der Waals surface area contributed by atoms with Gasteiger partial charge in [-0.3, -0.25) is 14.6 Å². The van der Waals surface area contributed by atoms with E-state index in [4.69, 9.17) is 16.3 Å². The summed E-state index contributed by atoms with van der Waals surface area (Å²) < 4.78 is 6.98. The molecule has 0 aliphatic carbocycles. The van der Waals surface area contributed by atoms with Crippen molar-refractivity contribution in [2.75, 3.05) is 4.90 Å². The zero-order chi connectivity index (χ0) is 21.8. The van der Waals surface area contributed by atoms with Crippen molar-refractivity contribution in [1.82, 2.24) is 4.90 Å². The fourth-order valence-corrected chi connectivity index (χ4v) is 4.95. The van der Waals surface area contributed by atoms with Crippen LogP contribution in [0.25, 0.3) is 0 Å². The third kappa shape index (κ3) is 3.22. The molecule has 0 aromatic heterocycles. The standard InChI is InChI=1S/C24H18BrClN2O3/c1-24-14-20(18-7-3-5-9-21(18)31-24)27(22(29)17-6-2-4-8-19(17)25)23(30)28(24)16-12-10-15(26)11-13-16/h2-13,20H,14H2,1H3/t20-,24-/m0/s1. The predicted molar refractivity (Wildman–Crippen MR) is 122 cm³/mol. The Balaban J connectivity index is 1.68. The molecule has 1 fully saturated rings. The van der Waals surface area contributed by atoms with Gasteiger partial charge in [0.1, 0.15) is 5.75 Å². The van der Waals surface area contributed by atoms with Crippen molar-refractivity contribution in [3.63, 3.8) is 0 Å². The second kappa shape index (κ2) is 7.39. The maximum Gasteiger partial charge on any atom is 0.335 e. The minimum atomic E-state index is -0.950. The summed E-state index contributed by atoms with van der Waals surface area (Å²) in [4.78, 5) is 30.4. The highest BCUT2D eigenvalue weighted by atomic mass is 79.9. The van der Waals surface area contributed by atoms with Gasteiger partial charge < -0.3 is 4.74 Å². The lowest BCUT2D eigenvalue weighted by Crippen LogP contribution is -2.67. The molecule has 156 valence electrons. The van der Waals surface area contributed by atoms with Crippen LogP contribution in [0.2, 0.25) is 5.02 Å². The number of halogens is 2. The van der Waals surface area contributed by atoms with Crippen LogP contribution in [0.4, 0.5) is 10.5 Å². The normalized spacial score (nSPS) is 22.0. The number of fused-ring (bicyclic) bond motifs is 4. The van der Waals surface area contributed by atoms with Crippen molar-refractivity contribution in [3.05, 3.63) is 93.4 Å². The second-order valence-corrected chi connectivity index (χ2v) is 9.08. The highest BCUT2D eigenvalue weighted by Gasteiger charge is 2.55. The SMILES string of the molecule is C[C@@]12C[C@@H](c3ccccc3O1)N(C(=O)c1ccccc1Br)C(=O)N2c1ccc(Cl)cc1. The average Bonchev–Trinajstić information content (AvgIpc) is 2.75. The molecule has 2 aliphatic heterocycles. The van der Waals surface area contributed by atoms with Gasteiger partial charge in [-0.1, -0.05) is 41.9 Å². The molecule has 5 rings (SSSR count). The van der Waals surface area contributed by atoms with Crippen LogP contribution >= 0.6 is 27.5 Å². The van der Waals surface area contributed by atoms with E-state index in [1.165, 1.54) is 4.90 Å². The summed E-state index contributed by atoms with van der Waals surface area (Å²) in [5, 5.41) is 0.562. The summed E-state index contributed by atoms with van der Waals surface area (Å²) in [6, 6.07) is 20.8. The third-order valence-electron chi connectivity index (χ3n) is 5.77. The summed E-state index contributed by atoms with van der Waals surface area (Å²) in [5.41, 5.74) is 0.915. The molecule has 0 N–H and O–H groups in total. The van der Waals surface area contributed by atoms with E-state index >= 15 is 0 Å². The molecule has 2 bridgehead atoms. The van der Waals surface area contributed by atoms with Crippen LogP contribution in [0.5, 0.6) is 5.75 Å². The molecule has 2 atom stereocenters. The van der Waals surface area contributed by atoms with E-state index in [2.05, 4.69) is 15.9 Å². The van der Waals surface area contributed by atoms with Crippen LogP contribution in [0.15, 0.2) is 77.3 Å². The molecule has 2 heterocycles. The molecule has 0 radical (unpaired) electrons. The Labute approximate surface area is 193 Å². The average molecular weight is 498 g/mol. The summed E-state index contributed by atoms with van der Waals surface area (Å²) >= 11 is 9.52. The Morgan fingerprint density at radius 3 is 2.48 bits per heavy atom. The third-order valence-corrected chi connectivity index (χ3v) is 6.71. The van der Waals surface area contributed by atoms with Crippen LogP contribution in [-0.4, -0.2) is 22.6 Å². The molecule has 0 spiro atoms. The molecule has 3 aromatic carbocycles. The van der Waals surface area contributed by atoms with Gasteiger partial charge in [0.25, 0.3) is 5.91 Å². The number of hydrogen-bond donors (Lipinski definition) is 0. The number of imide groups is 1. The van der Waals surface area contributed by atoms with Crippen LogP contribution in [-0.2, 0) is 0 Å². The molecular formula is C24H18BrClN2O3. The number of urea groups is 1. The first-order valence-corrected chi connectivity index (χ1v) is 11.0. The van der Waals surface area contributed by atoms with Gasteiger partial charge in [-0.05, 0) is 65.3 Å². The van der Waals surface area contributed by atoms with Crippen LogP contribution in [0.3, 0.4) is 0 Å². The van der Waals surface area contributed by atoms with E-state index in [1.54, 1.807) is 47.4 Å². The monoisotopic (exact) mass is 496 g/mol. The molecule has 7 heteroatoms. The van der Waals surface area contributed by atoms with E-state index in [1.807, 2.05) is 37.3 Å². The van der Waals surface area contributed by atoms with Gasteiger partial charge in [-0.15, -0.1) is 0 Å². The predicted octanol–water partition coefficient (Wildman–Crippen LogP) is 6.42. The van der Waals surface area contributed by atoms with E-state index in [0.29, 0.717) is 32.9 Å². The van der Waals surface area contributed by atoms with Crippen molar-refractivity contribution >= 4 is 45.2 Å². The number of para-hydroxylation sites is 1. The molecule has 3 amide bonds. The van der Waals surface area contributed by atoms with Crippen LogP contribution in [0, 0.1) is 0 Å². The maximum absolute atomic E-state index is 13.9. The highest BCUT2D eigenvalue weighted by Crippen LogP contribution is 2.49. The van der Waals surface area contributed by atoms with Crippen molar-refractivity contribution in [2.24, 2.45) is 0 Å². The van der Waals surface area contributed by atoms with E-state index in [0.717, 1.165) is 5.56 Å². The van der Waals surface area contributed by atoms with E-state index in [-0.39, 0.29) is 5.91 Å². The number of amides is 3. The Bertz CT molecular complexity index is 1200. The molecule has 0 saturated carbocycles. The number of hydrogen-bond acceptors (Lipinski definition) is 3. The zero-order valence-electron chi connectivity index (χ0n) is 16.6. The highest BCUT2D eigenvalue weighted by molar-refractivity contribution is 9.10. The lowest BCUT2D eigenvalue weighted by atomic mass is 9.88. The van der Waals surface area contributed by atoms with E-state index < -0.39 is 17.8 Å². The van der Waals surface area contributed by atoms with Crippen molar-refractivity contribution in [1.29, 1.82) is 0 Å². The molecule has 1 saturated heterocycles. The van der Waals surface area contributed by atoms with Gasteiger partial charge in [0.15, 0.2) is 5.72 Å². The number of benzene rings is 3. The Kier molecular flexibility index (Phi) is 4.79. The summed E-state index contributed by atoms with van der Waals surface area (Å²) in [5.74, 6) is 0.304. The first-order valence-electron chi connectivity index (χ1n) is 9.85. The Morgan fingerprint density at radius 1 is 1.06 bits per heavy atom. The van der Waals surface area contributed by atoms with Crippen molar-refractivity contribution < 1.29 is 14.3 Å². The Morgan fingerprint density at radius 2 is 1.74 bits per heavy atom. The smallest absolute Gasteiger partial charge is 0.335 e. The molecule has 5 nitrogen and oxygen atoms in total. The van der Waals surface area contributed by atoms with Gasteiger partial charge >= 0.3 is 6.03 Å². The van der Waals surface area contributed by atoms with Gasteiger partial charge in [-0.2, -0.15) is 0 Å². The number of ether oxygens (including phenoxy) is 1. The number of rotatable bonds is 2. The molecule has 2 aliphatic rings. The lowest BCUT2D eigenvalue weighted by Gasteiger charge is -2.53. The first-order chi connectivity index (χ1) is 14.9. The maximum atomic E-state index is 13.9. The minimum absolute atomic E-state index is 0.361. The number of carbonyl (C=O) groups is 2. The topological polar surface area (TPSA) is 49.9 Å². The van der Waals surface area contributed by atoms with Crippen molar-refractivity contribution in [2.45, 2.75) is 25.1 Å². The number of nitrogens with zero attached hydrogens (tertiary/aromatic N) is 2. The molecular weight excluding hydrogens is 480 g/mol. The fraction of sp³-hybridized carbons (Fsp3) is 0.167. The quantitative estimate of drug-likeness (QED) is 0.410. The van der Waals surface area contributed by atoms with Gasteiger partial charge in [0.2, 0.25) is 0 Å². The van der Waals surface area contributed by atoms with Gasteiger partial charge in [-0.25, -0.2) is 4.79 Å². The lowest BCUT2D eigenvalue weighted by molar-refractivity contribution is 0.00265.